The number of aryl methyl sites for hydroxylation is 1. The van der Waals surface area contributed by atoms with Crippen LogP contribution >= 0.6 is 0 Å². The number of carbonyl (C=O) groups is 1. The normalized spacial score (nSPS) is 15.7. The Bertz CT molecular complexity index is 1160. The number of ether oxygens (including phenoxy) is 1. The molecule has 144 valence electrons. The molecule has 8 nitrogen and oxygen atoms in total. The molecule has 1 aromatic carbocycles. The third-order valence-corrected chi connectivity index (χ3v) is 4.81. The molecule has 0 fully saturated rings. The van der Waals surface area contributed by atoms with Crippen molar-refractivity contribution >= 4 is 16.9 Å². The van der Waals surface area contributed by atoms with Crippen molar-refractivity contribution in [2.24, 2.45) is 0 Å². The number of fused-ring (bicyclic) bond motifs is 2. The standard InChI is InChI=1S/C20H20N4O4/c1-2-8-24-17-14(19(26)23-20(24)27)10-12(11-21-17)18(25)22-15-7-9-28-16-6-4-3-5-13(15)16/h3-6,10-11,15H,2,7-9H2,1H3,(H,22,25)(H,23,26,27)/t15-/m1/s1. The van der Waals surface area contributed by atoms with E-state index >= 15 is 0 Å². The van der Waals surface area contributed by atoms with E-state index in [1.54, 1.807) is 0 Å². The van der Waals surface area contributed by atoms with Crippen molar-refractivity contribution in [2.45, 2.75) is 32.4 Å². The van der Waals surface area contributed by atoms with Gasteiger partial charge in [-0.2, -0.15) is 0 Å². The SMILES string of the molecule is CCCn1c(=O)[nH]c(=O)c2cc(C(=O)N[C@@H]3CCOc4ccccc43)cnc21. The zero-order valence-corrected chi connectivity index (χ0v) is 15.4. The van der Waals surface area contributed by atoms with Gasteiger partial charge in [0.25, 0.3) is 11.5 Å². The van der Waals surface area contributed by atoms with Crippen LogP contribution in [-0.4, -0.2) is 27.0 Å². The number of aromatic amines is 1. The molecule has 0 bridgehead atoms. The molecule has 1 aliphatic heterocycles. The number of benzene rings is 1. The maximum atomic E-state index is 12.8. The molecule has 28 heavy (non-hydrogen) atoms. The minimum Gasteiger partial charge on any atom is -0.493 e. The average molecular weight is 380 g/mol. The molecular weight excluding hydrogens is 360 g/mol. The average Bonchev–Trinajstić information content (AvgIpc) is 2.71. The predicted octanol–water partition coefficient (Wildman–Crippen LogP) is 1.75. The highest BCUT2D eigenvalue weighted by Gasteiger charge is 2.23. The molecule has 0 spiro atoms. The Kier molecular flexibility index (Phi) is 4.68. The zero-order chi connectivity index (χ0) is 19.7. The lowest BCUT2D eigenvalue weighted by atomic mass is 10.0. The number of rotatable bonds is 4. The Labute approximate surface area is 160 Å². The van der Waals surface area contributed by atoms with Gasteiger partial charge in [0.05, 0.1) is 23.6 Å². The molecule has 1 atom stereocenters. The molecule has 8 heteroatoms. The van der Waals surface area contributed by atoms with Crippen LogP contribution in [0.1, 0.15) is 41.7 Å². The Hall–Kier alpha value is -3.42. The first-order chi connectivity index (χ1) is 13.6. The fraction of sp³-hybridized carbons (Fsp3) is 0.300. The van der Waals surface area contributed by atoms with Crippen molar-refractivity contribution in [3.8, 4) is 5.75 Å². The summed E-state index contributed by atoms with van der Waals surface area (Å²) < 4.78 is 7.03. The van der Waals surface area contributed by atoms with Crippen molar-refractivity contribution < 1.29 is 9.53 Å². The van der Waals surface area contributed by atoms with Crippen LogP contribution in [0.5, 0.6) is 5.75 Å². The van der Waals surface area contributed by atoms with Gasteiger partial charge in [0.15, 0.2) is 0 Å². The molecular formula is C20H20N4O4. The van der Waals surface area contributed by atoms with Gasteiger partial charge >= 0.3 is 5.69 Å². The quantitative estimate of drug-likeness (QED) is 0.717. The number of hydrogen-bond acceptors (Lipinski definition) is 5. The predicted molar refractivity (Wildman–Crippen MR) is 104 cm³/mol. The van der Waals surface area contributed by atoms with E-state index in [1.807, 2.05) is 31.2 Å². The van der Waals surface area contributed by atoms with Crippen LogP contribution in [0.3, 0.4) is 0 Å². The lowest BCUT2D eigenvalue weighted by molar-refractivity contribution is 0.0924. The van der Waals surface area contributed by atoms with E-state index in [2.05, 4.69) is 15.3 Å². The summed E-state index contributed by atoms with van der Waals surface area (Å²) in [6.45, 7) is 2.88. The van der Waals surface area contributed by atoms with Crippen LogP contribution in [-0.2, 0) is 6.54 Å². The number of aromatic nitrogens is 3. The van der Waals surface area contributed by atoms with Gasteiger partial charge in [-0.15, -0.1) is 0 Å². The van der Waals surface area contributed by atoms with Gasteiger partial charge in [-0.25, -0.2) is 9.78 Å². The number of hydrogen-bond donors (Lipinski definition) is 2. The molecule has 1 aliphatic rings. The molecule has 2 N–H and O–H groups in total. The van der Waals surface area contributed by atoms with Crippen LogP contribution in [0, 0.1) is 0 Å². The van der Waals surface area contributed by atoms with Gasteiger partial charge < -0.3 is 10.1 Å². The molecule has 0 unspecified atom stereocenters. The van der Waals surface area contributed by atoms with Crippen LogP contribution in [0.2, 0.25) is 0 Å². The van der Waals surface area contributed by atoms with Crippen LogP contribution in [0.15, 0.2) is 46.1 Å². The molecule has 4 rings (SSSR count). The van der Waals surface area contributed by atoms with Gasteiger partial charge in [-0.1, -0.05) is 25.1 Å². The summed E-state index contributed by atoms with van der Waals surface area (Å²) in [7, 11) is 0. The van der Waals surface area contributed by atoms with Gasteiger partial charge in [0, 0.05) is 24.7 Å². The molecule has 0 radical (unpaired) electrons. The summed E-state index contributed by atoms with van der Waals surface area (Å²) >= 11 is 0. The maximum Gasteiger partial charge on any atom is 0.329 e. The van der Waals surface area contributed by atoms with Crippen molar-refractivity contribution in [2.75, 3.05) is 6.61 Å². The smallest absolute Gasteiger partial charge is 0.329 e. The maximum absolute atomic E-state index is 12.8. The minimum absolute atomic E-state index is 0.180. The molecule has 3 heterocycles. The lowest BCUT2D eigenvalue weighted by Crippen LogP contribution is -2.33. The van der Waals surface area contributed by atoms with E-state index < -0.39 is 11.2 Å². The molecule has 0 saturated heterocycles. The van der Waals surface area contributed by atoms with E-state index in [9.17, 15) is 14.4 Å². The summed E-state index contributed by atoms with van der Waals surface area (Å²) in [5.41, 5.74) is 0.423. The van der Waals surface area contributed by atoms with Crippen molar-refractivity contribution in [1.29, 1.82) is 0 Å². The third-order valence-electron chi connectivity index (χ3n) is 4.81. The van der Waals surface area contributed by atoms with Gasteiger partial charge in [-0.05, 0) is 18.6 Å². The van der Waals surface area contributed by atoms with Crippen molar-refractivity contribution in [3.63, 3.8) is 0 Å². The van der Waals surface area contributed by atoms with Gasteiger partial charge in [0.2, 0.25) is 0 Å². The number of amides is 1. The highest BCUT2D eigenvalue weighted by Crippen LogP contribution is 2.31. The van der Waals surface area contributed by atoms with E-state index in [4.69, 9.17) is 4.74 Å². The second-order valence-electron chi connectivity index (χ2n) is 6.71. The van der Waals surface area contributed by atoms with Crippen LogP contribution in [0.25, 0.3) is 11.0 Å². The summed E-state index contributed by atoms with van der Waals surface area (Å²) in [4.78, 5) is 43.6. The van der Waals surface area contributed by atoms with Crippen molar-refractivity contribution in [1.82, 2.24) is 19.9 Å². The molecule has 0 aliphatic carbocycles. The van der Waals surface area contributed by atoms with Crippen LogP contribution < -0.4 is 21.3 Å². The topological polar surface area (TPSA) is 106 Å². The van der Waals surface area contributed by atoms with E-state index in [0.717, 1.165) is 11.3 Å². The van der Waals surface area contributed by atoms with Gasteiger partial charge in [0.1, 0.15) is 11.4 Å². The highest BCUT2D eigenvalue weighted by molar-refractivity contribution is 5.97. The van der Waals surface area contributed by atoms with E-state index in [0.29, 0.717) is 26.0 Å². The molecule has 2 aromatic heterocycles. The van der Waals surface area contributed by atoms with E-state index in [-0.39, 0.29) is 28.5 Å². The first-order valence-electron chi connectivity index (χ1n) is 9.24. The van der Waals surface area contributed by atoms with Crippen molar-refractivity contribution in [3.05, 3.63) is 68.5 Å². The molecule has 0 saturated carbocycles. The fourth-order valence-electron chi connectivity index (χ4n) is 3.46. The Morgan fingerprint density at radius 1 is 1.36 bits per heavy atom. The number of para-hydroxylation sites is 1. The summed E-state index contributed by atoms with van der Waals surface area (Å²) in [6, 6.07) is 8.88. The van der Waals surface area contributed by atoms with E-state index in [1.165, 1.54) is 16.8 Å². The number of carbonyl (C=O) groups excluding carboxylic acids is 1. The number of H-pyrrole nitrogens is 1. The Balaban J connectivity index is 1.68. The van der Waals surface area contributed by atoms with Crippen LogP contribution in [0.4, 0.5) is 0 Å². The zero-order valence-electron chi connectivity index (χ0n) is 15.4. The lowest BCUT2D eigenvalue weighted by Gasteiger charge is -2.26. The third kappa shape index (κ3) is 3.17. The fourth-order valence-corrected chi connectivity index (χ4v) is 3.46. The van der Waals surface area contributed by atoms with Gasteiger partial charge in [-0.3, -0.25) is 19.1 Å². The number of pyridine rings is 1. The minimum atomic E-state index is -0.550. The number of nitrogens with zero attached hydrogens (tertiary/aromatic N) is 2. The second-order valence-corrected chi connectivity index (χ2v) is 6.71. The highest BCUT2D eigenvalue weighted by atomic mass is 16.5. The molecule has 3 aromatic rings. The first kappa shape index (κ1) is 18.0. The first-order valence-corrected chi connectivity index (χ1v) is 9.24. The summed E-state index contributed by atoms with van der Waals surface area (Å²) in [6.07, 6.45) is 2.77. The molecule has 1 amide bonds. The largest absolute Gasteiger partial charge is 0.493 e. The number of nitrogens with one attached hydrogen (secondary N) is 2. The second kappa shape index (κ2) is 7.30. The Morgan fingerprint density at radius 3 is 3.00 bits per heavy atom. The summed E-state index contributed by atoms with van der Waals surface area (Å²) in [5, 5.41) is 3.20. The Morgan fingerprint density at radius 2 is 2.18 bits per heavy atom. The summed E-state index contributed by atoms with van der Waals surface area (Å²) in [5.74, 6) is 0.430. The monoisotopic (exact) mass is 380 g/mol.